The second kappa shape index (κ2) is 5.94. The number of hydrogen-bond donors (Lipinski definition) is 1. The monoisotopic (exact) mass is 295 g/mol. The van der Waals surface area contributed by atoms with Crippen LogP contribution in [0.2, 0.25) is 5.02 Å². The van der Waals surface area contributed by atoms with Gasteiger partial charge >= 0.3 is 0 Å². The van der Waals surface area contributed by atoms with E-state index in [-0.39, 0.29) is 5.82 Å². The van der Waals surface area contributed by atoms with E-state index in [4.69, 9.17) is 17.3 Å². The molecule has 5 heteroatoms. The first-order valence-corrected chi connectivity index (χ1v) is 7.05. The van der Waals surface area contributed by atoms with Gasteiger partial charge in [-0.2, -0.15) is 5.10 Å². The van der Waals surface area contributed by atoms with E-state index < -0.39 is 6.04 Å². The maximum absolute atomic E-state index is 13.9. The molecule has 0 aliphatic carbocycles. The summed E-state index contributed by atoms with van der Waals surface area (Å²) in [6.07, 6.45) is 0.466. The molecular formula is C15H19ClFN3. The van der Waals surface area contributed by atoms with E-state index in [2.05, 4.69) is 5.10 Å². The molecule has 0 radical (unpaired) electrons. The summed E-state index contributed by atoms with van der Waals surface area (Å²) >= 11 is 6.26. The zero-order valence-corrected chi connectivity index (χ0v) is 12.7. The summed E-state index contributed by atoms with van der Waals surface area (Å²) < 4.78 is 15.7. The van der Waals surface area contributed by atoms with E-state index in [9.17, 15) is 4.39 Å². The second-order valence-corrected chi connectivity index (χ2v) is 5.38. The Hall–Kier alpha value is -1.39. The SMILES string of the molecule is CCn1nc(C)c(Cl)c1CC(N)c1cc(C)ccc1F. The van der Waals surface area contributed by atoms with Crippen molar-refractivity contribution in [2.75, 3.05) is 0 Å². The molecule has 1 aromatic heterocycles. The van der Waals surface area contributed by atoms with Crippen LogP contribution in [0.5, 0.6) is 0 Å². The Morgan fingerprint density at radius 2 is 2.10 bits per heavy atom. The summed E-state index contributed by atoms with van der Waals surface area (Å²) in [5, 5.41) is 4.97. The molecule has 2 rings (SSSR count). The van der Waals surface area contributed by atoms with Crippen molar-refractivity contribution in [3.8, 4) is 0 Å². The smallest absolute Gasteiger partial charge is 0.128 e. The number of aryl methyl sites for hydroxylation is 3. The highest BCUT2D eigenvalue weighted by atomic mass is 35.5. The average molecular weight is 296 g/mol. The Balaban J connectivity index is 2.32. The van der Waals surface area contributed by atoms with Crippen LogP contribution in [-0.2, 0) is 13.0 Å². The summed E-state index contributed by atoms with van der Waals surface area (Å²) in [7, 11) is 0. The zero-order valence-electron chi connectivity index (χ0n) is 12.0. The molecule has 2 N–H and O–H groups in total. The van der Waals surface area contributed by atoms with Crippen molar-refractivity contribution in [2.45, 2.75) is 39.8 Å². The maximum Gasteiger partial charge on any atom is 0.128 e. The number of hydrogen-bond acceptors (Lipinski definition) is 2. The van der Waals surface area contributed by atoms with Crippen LogP contribution in [-0.4, -0.2) is 9.78 Å². The van der Waals surface area contributed by atoms with E-state index >= 15 is 0 Å². The number of rotatable bonds is 4. The highest BCUT2D eigenvalue weighted by molar-refractivity contribution is 6.31. The molecule has 0 aliphatic rings. The van der Waals surface area contributed by atoms with Crippen molar-refractivity contribution < 1.29 is 4.39 Å². The van der Waals surface area contributed by atoms with Crippen molar-refractivity contribution in [1.29, 1.82) is 0 Å². The number of benzene rings is 1. The van der Waals surface area contributed by atoms with Crippen LogP contribution < -0.4 is 5.73 Å². The lowest BCUT2D eigenvalue weighted by atomic mass is 10.00. The normalized spacial score (nSPS) is 12.7. The molecule has 1 heterocycles. The molecule has 1 aromatic carbocycles. The molecule has 0 fully saturated rings. The summed E-state index contributed by atoms with van der Waals surface area (Å²) in [4.78, 5) is 0. The van der Waals surface area contributed by atoms with Crippen molar-refractivity contribution in [1.82, 2.24) is 9.78 Å². The Morgan fingerprint density at radius 1 is 1.40 bits per heavy atom. The van der Waals surface area contributed by atoms with E-state index in [0.717, 1.165) is 17.0 Å². The minimum atomic E-state index is -0.436. The average Bonchev–Trinajstić information content (AvgIpc) is 2.69. The first kappa shape index (κ1) is 15.0. The van der Waals surface area contributed by atoms with Gasteiger partial charge in [0.1, 0.15) is 5.82 Å². The zero-order chi connectivity index (χ0) is 14.9. The van der Waals surface area contributed by atoms with Gasteiger partial charge in [0.05, 0.1) is 16.4 Å². The lowest BCUT2D eigenvalue weighted by Crippen LogP contribution is -2.18. The van der Waals surface area contributed by atoms with Gasteiger partial charge in [-0.25, -0.2) is 4.39 Å². The highest BCUT2D eigenvalue weighted by Crippen LogP contribution is 2.26. The molecule has 0 saturated heterocycles. The minimum absolute atomic E-state index is 0.279. The quantitative estimate of drug-likeness (QED) is 0.937. The van der Waals surface area contributed by atoms with Crippen LogP contribution in [0.15, 0.2) is 18.2 Å². The summed E-state index contributed by atoms with van der Waals surface area (Å²) in [6, 6.07) is 4.54. The molecule has 1 atom stereocenters. The van der Waals surface area contributed by atoms with Crippen LogP contribution in [0.4, 0.5) is 4.39 Å². The molecule has 3 nitrogen and oxygen atoms in total. The van der Waals surface area contributed by atoms with Crippen LogP contribution in [0.25, 0.3) is 0 Å². The van der Waals surface area contributed by atoms with Gasteiger partial charge in [-0.05, 0) is 26.8 Å². The van der Waals surface area contributed by atoms with Crippen molar-refractivity contribution in [2.24, 2.45) is 5.73 Å². The third-order valence-corrected chi connectivity index (χ3v) is 3.91. The van der Waals surface area contributed by atoms with E-state index in [1.807, 2.05) is 25.5 Å². The van der Waals surface area contributed by atoms with Gasteiger partial charge in [0.2, 0.25) is 0 Å². The Kier molecular flexibility index (Phi) is 4.45. The summed E-state index contributed by atoms with van der Waals surface area (Å²) in [6.45, 7) is 6.48. The number of aromatic nitrogens is 2. The highest BCUT2D eigenvalue weighted by Gasteiger charge is 2.18. The Morgan fingerprint density at radius 3 is 2.75 bits per heavy atom. The van der Waals surface area contributed by atoms with Crippen LogP contribution in [0.1, 0.15) is 35.5 Å². The third kappa shape index (κ3) is 2.86. The molecule has 2 aromatic rings. The summed E-state index contributed by atoms with van der Waals surface area (Å²) in [5.74, 6) is -0.279. The molecule has 0 aliphatic heterocycles. The fraction of sp³-hybridized carbons (Fsp3) is 0.400. The molecule has 0 bridgehead atoms. The van der Waals surface area contributed by atoms with Crippen molar-refractivity contribution in [3.05, 3.63) is 51.6 Å². The molecular weight excluding hydrogens is 277 g/mol. The molecule has 20 heavy (non-hydrogen) atoms. The fourth-order valence-electron chi connectivity index (χ4n) is 2.33. The van der Waals surface area contributed by atoms with E-state index in [1.165, 1.54) is 6.07 Å². The largest absolute Gasteiger partial charge is 0.324 e. The van der Waals surface area contributed by atoms with E-state index in [1.54, 1.807) is 12.1 Å². The van der Waals surface area contributed by atoms with Crippen LogP contribution in [0, 0.1) is 19.7 Å². The van der Waals surface area contributed by atoms with Gasteiger partial charge in [0.25, 0.3) is 0 Å². The maximum atomic E-state index is 13.9. The molecule has 1 unspecified atom stereocenters. The topological polar surface area (TPSA) is 43.8 Å². The molecule has 108 valence electrons. The number of nitrogens with two attached hydrogens (primary N) is 1. The molecule has 0 saturated carbocycles. The van der Waals surface area contributed by atoms with Gasteiger partial charge in [0, 0.05) is 24.6 Å². The van der Waals surface area contributed by atoms with Crippen LogP contribution in [0.3, 0.4) is 0 Å². The van der Waals surface area contributed by atoms with Gasteiger partial charge in [0.15, 0.2) is 0 Å². The molecule has 0 spiro atoms. The first-order valence-electron chi connectivity index (χ1n) is 6.67. The first-order chi connectivity index (χ1) is 9.43. The predicted octanol–water partition coefficient (Wildman–Crippen LogP) is 3.55. The molecule has 0 amide bonds. The number of halogens is 2. The van der Waals surface area contributed by atoms with Crippen molar-refractivity contribution >= 4 is 11.6 Å². The van der Waals surface area contributed by atoms with Crippen molar-refractivity contribution in [3.63, 3.8) is 0 Å². The lowest BCUT2D eigenvalue weighted by molar-refractivity contribution is 0.555. The van der Waals surface area contributed by atoms with Gasteiger partial charge in [-0.15, -0.1) is 0 Å². The third-order valence-electron chi connectivity index (χ3n) is 3.42. The second-order valence-electron chi connectivity index (χ2n) is 5.00. The summed E-state index contributed by atoms with van der Waals surface area (Å²) in [5.41, 5.74) is 9.30. The lowest BCUT2D eigenvalue weighted by Gasteiger charge is -2.15. The Bertz CT molecular complexity index is 622. The minimum Gasteiger partial charge on any atom is -0.324 e. The number of nitrogens with zero attached hydrogens (tertiary/aromatic N) is 2. The standard InChI is InChI=1S/C15H19ClFN3/c1-4-20-14(15(16)10(3)19-20)8-13(18)11-7-9(2)5-6-12(11)17/h5-7,13H,4,8,18H2,1-3H3. The van der Waals surface area contributed by atoms with Gasteiger partial charge < -0.3 is 5.73 Å². The van der Waals surface area contributed by atoms with Gasteiger partial charge in [-0.3, -0.25) is 4.68 Å². The van der Waals surface area contributed by atoms with Crippen LogP contribution >= 0.6 is 11.6 Å². The fourth-order valence-corrected chi connectivity index (χ4v) is 2.54. The predicted molar refractivity (Wildman–Crippen MR) is 79.4 cm³/mol. The van der Waals surface area contributed by atoms with E-state index in [0.29, 0.717) is 23.6 Å². The van der Waals surface area contributed by atoms with Gasteiger partial charge in [-0.1, -0.05) is 29.3 Å². The Labute approximate surface area is 123 Å².